The van der Waals surface area contributed by atoms with Gasteiger partial charge in [0.1, 0.15) is 11.3 Å². The fourth-order valence-electron chi connectivity index (χ4n) is 2.58. The van der Waals surface area contributed by atoms with Crippen molar-refractivity contribution in [2.45, 2.75) is 39.2 Å². The van der Waals surface area contributed by atoms with Crippen LogP contribution in [-0.2, 0) is 0 Å². The highest BCUT2D eigenvalue weighted by Gasteiger charge is 2.25. The van der Waals surface area contributed by atoms with Crippen LogP contribution in [0, 0.1) is 6.92 Å². The average molecular weight is 266 g/mol. The second-order valence-corrected chi connectivity index (χ2v) is 5.22. The van der Waals surface area contributed by atoms with Crippen molar-refractivity contribution in [1.29, 1.82) is 0 Å². The standard InChI is InChI=1S/C12H16ClN5/c1-8-5-3-4-6-17(8)11-10(13)9(2)16-12-14-7-15-18(11)12/h7-8H,3-6H2,1-2H3/t8-/m0/s1. The van der Waals surface area contributed by atoms with E-state index in [2.05, 4.69) is 26.9 Å². The molecule has 6 heteroatoms. The van der Waals surface area contributed by atoms with Crippen molar-refractivity contribution < 1.29 is 0 Å². The summed E-state index contributed by atoms with van der Waals surface area (Å²) < 4.78 is 1.75. The minimum atomic E-state index is 0.477. The molecular weight excluding hydrogens is 250 g/mol. The number of rotatable bonds is 1. The molecule has 0 radical (unpaired) electrons. The third-order valence-electron chi connectivity index (χ3n) is 3.59. The molecule has 0 aliphatic carbocycles. The molecule has 0 N–H and O–H groups in total. The normalized spacial score (nSPS) is 20.6. The Labute approximate surface area is 111 Å². The van der Waals surface area contributed by atoms with Gasteiger partial charge in [-0.1, -0.05) is 11.6 Å². The third-order valence-corrected chi connectivity index (χ3v) is 4.03. The zero-order valence-electron chi connectivity index (χ0n) is 10.6. The zero-order chi connectivity index (χ0) is 12.7. The molecule has 1 fully saturated rings. The van der Waals surface area contributed by atoms with Crippen molar-refractivity contribution in [1.82, 2.24) is 19.6 Å². The summed E-state index contributed by atoms with van der Waals surface area (Å²) in [4.78, 5) is 10.8. The van der Waals surface area contributed by atoms with Crippen LogP contribution in [0.3, 0.4) is 0 Å². The molecule has 0 aromatic carbocycles. The van der Waals surface area contributed by atoms with E-state index in [4.69, 9.17) is 11.6 Å². The number of nitrogens with zero attached hydrogens (tertiary/aromatic N) is 5. The van der Waals surface area contributed by atoms with Crippen LogP contribution in [-0.4, -0.2) is 32.2 Å². The molecule has 3 rings (SSSR count). The van der Waals surface area contributed by atoms with Gasteiger partial charge in [0.25, 0.3) is 5.78 Å². The maximum absolute atomic E-state index is 6.43. The van der Waals surface area contributed by atoms with Crippen LogP contribution in [0.25, 0.3) is 5.78 Å². The first kappa shape index (κ1) is 11.7. The lowest BCUT2D eigenvalue weighted by atomic mass is 10.0. The summed E-state index contributed by atoms with van der Waals surface area (Å²) in [7, 11) is 0. The first-order valence-electron chi connectivity index (χ1n) is 6.31. The molecule has 0 amide bonds. The fourth-order valence-corrected chi connectivity index (χ4v) is 2.81. The smallest absolute Gasteiger partial charge is 0.254 e. The van der Waals surface area contributed by atoms with Crippen LogP contribution in [0.1, 0.15) is 31.9 Å². The summed E-state index contributed by atoms with van der Waals surface area (Å²) in [5, 5.41) is 4.93. The van der Waals surface area contributed by atoms with Crippen LogP contribution in [0.4, 0.5) is 5.82 Å². The summed E-state index contributed by atoms with van der Waals surface area (Å²) in [6.45, 7) is 5.16. The Morgan fingerprint density at radius 2 is 2.22 bits per heavy atom. The molecule has 1 aliphatic rings. The van der Waals surface area contributed by atoms with Gasteiger partial charge in [-0.15, -0.1) is 0 Å². The Morgan fingerprint density at radius 1 is 1.39 bits per heavy atom. The summed E-state index contributed by atoms with van der Waals surface area (Å²) in [6, 6.07) is 0.477. The van der Waals surface area contributed by atoms with E-state index in [1.807, 2.05) is 6.92 Å². The first-order chi connectivity index (χ1) is 8.68. The lowest BCUT2D eigenvalue weighted by molar-refractivity contribution is 0.477. The maximum Gasteiger partial charge on any atom is 0.254 e. The van der Waals surface area contributed by atoms with Gasteiger partial charge < -0.3 is 4.90 Å². The van der Waals surface area contributed by atoms with E-state index in [-0.39, 0.29) is 0 Å². The summed E-state index contributed by atoms with van der Waals surface area (Å²) in [6.07, 6.45) is 5.18. The number of hydrogen-bond donors (Lipinski definition) is 0. The van der Waals surface area contributed by atoms with Crippen LogP contribution in [0.15, 0.2) is 6.33 Å². The molecule has 1 saturated heterocycles. The topological polar surface area (TPSA) is 46.3 Å². The molecule has 2 aromatic heterocycles. The molecular formula is C12H16ClN5. The van der Waals surface area contributed by atoms with Gasteiger partial charge in [-0.2, -0.15) is 14.6 Å². The Balaban J connectivity index is 2.19. The predicted molar refractivity (Wildman–Crippen MR) is 71.2 cm³/mol. The zero-order valence-corrected chi connectivity index (χ0v) is 11.4. The van der Waals surface area contributed by atoms with Gasteiger partial charge >= 0.3 is 0 Å². The molecule has 0 bridgehead atoms. The second kappa shape index (κ2) is 4.39. The monoisotopic (exact) mass is 265 g/mol. The minimum Gasteiger partial charge on any atom is -0.352 e. The number of fused-ring (bicyclic) bond motifs is 1. The molecule has 0 unspecified atom stereocenters. The SMILES string of the molecule is Cc1nc2ncnn2c(N2CCCC[C@@H]2C)c1Cl. The van der Waals surface area contributed by atoms with E-state index >= 15 is 0 Å². The summed E-state index contributed by atoms with van der Waals surface area (Å²) >= 11 is 6.43. The van der Waals surface area contributed by atoms with E-state index in [1.54, 1.807) is 4.52 Å². The average Bonchev–Trinajstić information content (AvgIpc) is 2.80. The van der Waals surface area contributed by atoms with Gasteiger partial charge in [-0.05, 0) is 33.1 Å². The summed E-state index contributed by atoms with van der Waals surface area (Å²) in [5.41, 5.74) is 0.810. The van der Waals surface area contributed by atoms with Crippen molar-refractivity contribution in [2.75, 3.05) is 11.4 Å². The fraction of sp³-hybridized carbons (Fsp3) is 0.583. The van der Waals surface area contributed by atoms with E-state index < -0.39 is 0 Å². The summed E-state index contributed by atoms with van der Waals surface area (Å²) in [5.74, 6) is 1.55. The van der Waals surface area contributed by atoms with Crippen molar-refractivity contribution in [3.63, 3.8) is 0 Å². The highest BCUT2D eigenvalue weighted by molar-refractivity contribution is 6.33. The Morgan fingerprint density at radius 3 is 3.00 bits per heavy atom. The highest BCUT2D eigenvalue weighted by Crippen LogP contribution is 2.32. The van der Waals surface area contributed by atoms with E-state index in [9.17, 15) is 0 Å². The molecule has 0 saturated carbocycles. The number of halogens is 1. The highest BCUT2D eigenvalue weighted by atomic mass is 35.5. The minimum absolute atomic E-state index is 0.477. The van der Waals surface area contributed by atoms with E-state index in [1.165, 1.54) is 25.6 Å². The molecule has 18 heavy (non-hydrogen) atoms. The van der Waals surface area contributed by atoms with Crippen molar-refractivity contribution in [3.05, 3.63) is 17.0 Å². The number of hydrogen-bond acceptors (Lipinski definition) is 4. The number of piperidine rings is 1. The third kappa shape index (κ3) is 1.73. The molecule has 2 aromatic rings. The molecule has 3 heterocycles. The first-order valence-corrected chi connectivity index (χ1v) is 6.69. The van der Waals surface area contributed by atoms with Crippen LogP contribution < -0.4 is 4.90 Å². The van der Waals surface area contributed by atoms with Gasteiger partial charge in [-0.25, -0.2) is 4.98 Å². The van der Waals surface area contributed by atoms with Gasteiger partial charge in [0.2, 0.25) is 0 Å². The van der Waals surface area contributed by atoms with Crippen LogP contribution in [0.5, 0.6) is 0 Å². The molecule has 96 valence electrons. The lowest BCUT2D eigenvalue weighted by Crippen LogP contribution is -2.39. The predicted octanol–water partition coefficient (Wildman–Crippen LogP) is 2.46. The van der Waals surface area contributed by atoms with Crippen LogP contribution in [0.2, 0.25) is 5.02 Å². The van der Waals surface area contributed by atoms with Gasteiger partial charge in [0.15, 0.2) is 5.82 Å². The van der Waals surface area contributed by atoms with Crippen LogP contribution >= 0.6 is 11.6 Å². The number of anilines is 1. The van der Waals surface area contributed by atoms with Crippen molar-refractivity contribution >= 4 is 23.2 Å². The Kier molecular flexibility index (Phi) is 2.86. The molecule has 5 nitrogen and oxygen atoms in total. The van der Waals surface area contributed by atoms with E-state index in [0.29, 0.717) is 16.8 Å². The van der Waals surface area contributed by atoms with Crippen molar-refractivity contribution in [2.24, 2.45) is 0 Å². The quantitative estimate of drug-likeness (QED) is 0.795. The Bertz CT molecular complexity index is 579. The molecule has 1 aliphatic heterocycles. The van der Waals surface area contributed by atoms with E-state index in [0.717, 1.165) is 18.1 Å². The maximum atomic E-state index is 6.43. The van der Waals surface area contributed by atoms with Gasteiger partial charge in [0.05, 0.1) is 5.69 Å². The Hall–Kier alpha value is -1.36. The molecule has 0 spiro atoms. The molecule has 1 atom stereocenters. The van der Waals surface area contributed by atoms with Gasteiger partial charge in [0, 0.05) is 12.6 Å². The lowest BCUT2D eigenvalue weighted by Gasteiger charge is -2.35. The second-order valence-electron chi connectivity index (χ2n) is 4.84. The number of aromatic nitrogens is 4. The largest absolute Gasteiger partial charge is 0.352 e. The number of aryl methyl sites for hydroxylation is 1. The van der Waals surface area contributed by atoms with Gasteiger partial charge in [-0.3, -0.25) is 0 Å². The van der Waals surface area contributed by atoms with Crippen molar-refractivity contribution in [3.8, 4) is 0 Å².